The number of carboxylic acid groups (broad SMARTS) is 1. The molecule has 1 heterocycles. The SMILES string of the molecule is CC(C)c1nc(S(=O)(=O)N(C)CCC(=O)O)cn1C. The Morgan fingerprint density at radius 3 is 2.53 bits per heavy atom. The lowest BCUT2D eigenvalue weighted by Crippen LogP contribution is -2.29. The van der Waals surface area contributed by atoms with E-state index in [0.717, 1.165) is 4.31 Å². The molecule has 0 aliphatic carbocycles. The second-order valence-corrected chi connectivity index (χ2v) is 6.67. The van der Waals surface area contributed by atoms with Crippen molar-refractivity contribution in [1.82, 2.24) is 13.9 Å². The van der Waals surface area contributed by atoms with Crippen LogP contribution in [-0.4, -0.2) is 46.9 Å². The van der Waals surface area contributed by atoms with E-state index < -0.39 is 16.0 Å². The highest BCUT2D eigenvalue weighted by Gasteiger charge is 2.25. The van der Waals surface area contributed by atoms with E-state index in [4.69, 9.17) is 5.11 Å². The van der Waals surface area contributed by atoms with E-state index in [2.05, 4.69) is 4.98 Å². The Balaban J connectivity index is 3.00. The van der Waals surface area contributed by atoms with E-state index in [-0.39, 0.29) is 23.9 Å². The minimum absolute atomic E-state index is 0.0495. The highest BCUT2D eigenvalue weighted by Crippen LogP contribution is 2.18. The van der Waals surface area contributed by atoms with Crippen molar-refractivity contribution in [2.45, 2.75) is 31.2 Å². The molecular weight excluding hydrogens is 270 g/mol. The van der Waals surface area contributed by atoms with Crippen molar-refractivity contribution in [2.75, 3.05) is 13.6 Å². The Morgan fingerprint density at radius 2 is 2.11 bits per heavy atom. The first-order valence-electron chi connectivity index (χ1n) is 5.87. The molecule has 1 N–H and O–H groups in total. The van der Waals surface area contributed by atoms with Gasteiger partial charge in [-0.25, -0.2) is 13.4 Å². The molecule has 0 unspecified atom stereocenters. The van der Waals surface area contributed by atoms with E-state index in [1.54, 1.807) is 11.6 Å². The van der Waals surface area contributed by atoms with Crippen LogP contribution in [-0.2, 0) is 21.9 Å². The van der Waals surface area contributed by atoms with Gasteiger partial charge in [0.15, 0.2) is 5.03 Å². The van der Waals surface area contributed by atoms with Crippen molar-refractivity contribution in [3.63, 3.8) is 0 Å². The van der Waals surface area contributed by atoms with E-state index in [0.29, 0.717) is 5.82 Å². The average Bonchev–Trinajstić information content (AvgIpc) is 2.68. The number of nitrogens with zero attached hydrogens (tertiary/aromatic N) is 3. The molecule has 1 aromatic rings. The number of hydrogen-bond acceptors (Lipinski definition) is 4. The predicted molar refractivity (Wildman–Crippen MR) is 69.4 cm³/mol. The van der Waals surface area contributed by atoms with Crippen LogP contribution in [0.1, 0.15) is 32.0 Å². The summed E-state index contributed by atoms with van der Waals surface area (Å²) in [5.41, 5.74) is 0. The molecular formula is C11H19N3O4S. The van der Waals surface area contributed by atoms with Crippen LogP contribution < -0.4 is 0 Å². The minimum atomic E-state index is -3.73. The summed E-state index contributed by atoms with van der Waals surface area (Å²) in [7, 11) is -0.648. The number of sulfonamides is 1. The number of rotatable bonds is 6. The Labute approximate surface area is 112 Å². The fourth-order valence-electron chi connectivity index (χ4n) is 1.65. The Kier molecular flexibility index (Phi) is 4.70. The van der Waals surface area contributed by atoms with Crippen LogP contribution in [0.25, 0.3) is 0 Å². The van der Waals surface area contributed by atoms with Gasteiger partial charge in [-0.3, -0.25) is 4.79 Å². The van der Waals surface area contributed by atoms with E-state index in [1.165, 1.54) is 13.2 Å². The Hall–Kier alpha value is -1.41. The molecule has 8 heteroatoms. The molecule has 0 bridgehead atoms. The fraction of sp³-hybridized carbons (Fsp3) is 0.636. The molecule has 19 heavy (non-hydrogen) atoms. The van der Waals surface area contributed by atoms with Crippen LogP contribution in [0.3, 0.4) is 0 Å². The van der Waals surface area contributed by atoms with Crippen molar-refractivity contribution in [2.24, 2.45) is 7.05 Å². The van der Waals surface area contributed by atoms with Gasteiger partial charge in [0, 0.05) is 32.8 Å². The number of hydrogen-bond donors (Lipinski definition) is 1. The van der Waals surface area contributed by atoms with Gasteiger partial charge in [-0.15, -0.1) is 0 Å². The second-order valence-electron chi connectivity index (χ2n) is 4.67. The summed E-state index contributed by atoms with van der Waals surface area (Å²) in [6.45, 7) is 3.77. The second kappa shape index (κ2) is 5.70. The maximum atomic E-state index is 12.2. The summed E-state index contributed by atoms with van der Waals surface area (Å²) < 4.78 is 27.1. The molecule has 0 aliphatic heterocycles. The van der Waals surface area contributed by atoms with Crippen LogP contribution in [0.5, 0.6) is 0 Å². The Morgan fingerprint density at radius 1 is 1.53 bits per heavy atom. The van der Waals surface area contributed by atoms with Gasteiger partial charge in [-0.1, -0.05) is 13.8 Å². The third-order valence-corrected chi connectivity index (χ3v) is 4.45. The summed E-state index contributed by atoms with van der Waals surface area (Å²) in [6.07, 6.45) is 1.21. The molecule has 1 aromatic heterocycles. The maximum absolute atomic E-state index is 12.2. The summed E-state index contributed by atoms with van der Waals surface area (Å²) >= 11 is 0. The molecule has 0 radical (unpaired) electrons. The van der Waals surface area contributed by atoms with Gasteiger partial charge in [0.05, 0.1) is 6.42 Å². The molecule has 0 fully saturated rings. The van der Waals surface area contributed by atoms with Crippen molar-refractivity contribution in [1.29, 1.82) is 0 Å². The monoisotopic (exact) mass is 289 g/mol. The van der Waals surface area contributed by atoms with Crippen LogP contribution in [0, 0.1) is 0 Å². The topological polar surface area (TPSA) is 92.5 Å². The number of carboxylic acids is 1. The van der Waals surface area contributed by atoms with Gasteiger partial charge in [0.25, 0.3) is 10.0 Å². The lowest BCUT2D eigenvalue weighted by molar-refractivity contribution is -0.137. The van der Waals surface area contributed by atoms with Crippen LogP contribution in [0.2, 0.25) is 0 Å². The zero-order valence-corrected chi connectivity index (χ0v) is 12.3. The molecule has 108 valence electrons. The smallest absolute Gasteiger partial charge is 0.304 e. The van der Waals surface area contributed by atoms with E-state index >= 15 is 0 Å². The highest BCUT2D eigenvalue weighted by molar-refractivity contribution is 7.89. The number of aromatic nitrogens is 2. The zero-order valence-electron chi connectivity index (χ0n) is 11.5. The molecule has 1 rings (SSSR count). The molecule has 0 saturated carbocycles. The van der Waals surface area contributed by atoms with E-state index in [9.17, 15) is 13.2 Å². The summed E-state index contributed by atoms with van der Waals surface area (Å²) in [4.78, 5) is 14.6. The lowest BCUT2D eigenvalue weighted by atomic mass is 10.2. The first-order valence-corrected chi connectivity index (χ1v) is 7.31. The van der Waals surface area contributed by atoms with Gasteiger partial charge in [-0.05, 0) is 0 Å². The van der Waals surface area contributed by atoms with Crippen molar-refractivity contribution in [3.8, 4) is 0 Å². The van der Waals surface area contributed by atoms with Crippen molar-refractivity contribution < 1.29 is 18.3 Å². The number of aryl methyl sites for hydroxylation is 1. The standard InChI is InChI=1S/C11H19N3O4S/c1-8(2)11-12-9(7-13(11)3)19(17,18)14(4)6-5-10(15)16/h7-8H,5-6H2,1-4H3,(H,15,16). The molecule has 0 atom stereocenters. The fourth-order valence-corrected chi connectivity index (χ4v) is 2.80. The summed E-state index contributed by atoms with van der Waals surface area (Å²) in [6, 6.07) is 0. The molecule has 0 aliphatic rings. The van der Waals surface area contributed by atoms with Gasteiger partial charge in [0.2, 0.25) is 0 Å². The number of aliphatic carboxylic acids is 1. The molecule has 0 aromatic carbocycles. The number of carbonyl (C=O) groups is 1. The van der Waals surface area contributed by atoms with E-state index in [1.807, 2.05) is 13.8 Å². The quantitative estimate of drug-likeness (QED) is 0.829. The van der Waals surface area contributed by atoms with Crippen LogP contribution in [0.15, 0.2) is 11.2 Å². The Bertz CT molecular complexity index is 562. The summed E-state index contributed by atoms with van der Waals surface area (Å²) in [5.74, 6) is -0.255. The van der Waals surface area contributed by atoms with Gasteiger partial charge >= 0.3 is 5.97 Å². The molecule has 7 nitrogen and oxygen atoms in total. The zero-order chi connectivity index (χ0) is 14.8. The first-order chi connectivity index (χ1) is 8.66. The maximum Gasteiger partial charge on any atom is 0.304 e. The average molecular weight is 289 g/mol. The van der Waals surface area contributed by atoms with Crippen LogP contribution >= 0.6 is 0 Å². The molecule has 0 saturated heterocycles. The van der Waals surface area contributed by atoms with Crippen molar-refractivity contribution in [3.05, 3.63) is 12.0 Å². The lowest BCUT2D eigenvalue weighted by Gasteiger charge is -2.13. The summed E-state index contributed by atoms with van der Waals surface area (Å²) in [5, 5.41) is 8.53. The largest absolute Gasteiger partial charge is 0.481 e. The van der Waals surface area contributed by atoms with Crippen LogP contribution in [0.4, 0.5) is 0 Å². The molecule has 0 spiro atoms. The predicted octanol–water partition coefficient (Wildman–Crippen LogP) is 0.639. The third-order valence-electron chi connectivity index (χ3n) is 2.72. The normalized spacial score (nSPS) is 12.3. The first kappa shape index (κ1) is 15.6. The highest BCUT2D eigenvalue weighted by atomic mass is 32.2. The molecule has 0 amide bonds. The van der Waals surface area contributed by atoms with Gasteiger partial charge in [0.1, 0.15) is 5.82 Å². The van der Waals surface area contributed by atoms with Gasteiger partial charge in [-0.2, -0.15) is 4.31 Å². The van der Waals surface area contributed by atoms with Crippen molar-refractivity contribution >= 4 is 16.0 Å². The minimum Gasteiger partial charge on any atom is -0.481 e. The number of imidazole rings is 1. The third kappa shape index (κ3) is 3.54. The van der Waals surface area contributed by atoms with Gasteiger partial charge < -0.3 is 9.67 Å².